The van der Waals surface area contributed by atoms with Crippen LogP contribution in [0.3, 0.4) is 0 Å². The van der Waals surface area contributed by atoms with Crippen molar-refractivity contribution in [3.8, 4) is 0 Å². The maximum absolute atomic E-state index is 12.6. The maximum atomic E-state index is 12.6. The molecule has 0 radical (unpaired) electrons. The highest BCUT2D eigenvalue weighted by Gasteiger charge is 2.31. The Morgan fingerprint density at radius 3 is 2.04 bits per heavy atom. The zero-order chi connectivity index (χ0) is 18.6. The van der Waals surface area contributed by atoms with Crippen LogP contribution in [-0.2, 0) is 20.6 Å². The van der Waals surface area contributed by atoms with Crippen molar-refractivity contribution in [1.82, 2.24) is 9.21 Å². The van der Waals surface area contributed by atoms with Crippen molar-refractivity contribution in [2.75, 3.05) is 26.2 Å². The number of sulfonamides is 1. The highest BCUT2D eigenvalue weighted by molar-refractivity contribution is 7.88. The van der Waals surface area contributed by atoms with E-state index in [9.17, 15) is 13.2 Å². The van der Waals surface area contributed by atoms with E-state index < -0.39 is 16.1 Å². The van der Waals surface area contributed by atoms with Crippen LogP contribution >= 0.6 is 0 Å². The van der Waals surface area contributed by atoms with Crippen LogP contribution in [0.1, 0.15) is 17.2 Å². The second kappa shape index (κ2) is 7.99. The Morgan fingerprint density at radius 1 is 0.923 bits per heavy atom. The fraction of sp³-hybridized carbons (Fsp3) is 0.316. The molecule has 0 aromatic heterocycles. The van der Waals surface area contributed by atoms with Crippen LogP contribution in [0.25, 0.3) is 0 Å². The fourth-order valence-electron chi connectivity index (χ4n) is 3.06. The number of hydrogen-bond acceptors (Lipinski definition) is 4. The van der Waals surface area contributed by atoms with Crippen LogP contribution in [0.5, 0.6) is 0 Å². The summed E-state index contributed by atoms with van der Waals surface area (Å²) in [5.41, 5.74) is 7.59. The van der Waals surface area contributed by atoms with Crippen LogP contribution in [0.2, 0.25) is 0 Å². The third-order valence-corrected chi connectivity index (χ3v) is 6.41. The SMILES string of the molecule is NC(C(=O)N1CCN(S(=O)(=O)Cc2ccccc2)CC1)c1ccccc1. The summed E-state index contributed by atoms with van der Waals surface area (Å²) in [5.74, 6) is -0.193. The lowest BCUT2D eigenvalue weighted by atomic mass is 10.1. The first-order valence-electron chi connectivity index (χ1n) is 8.58. The summed E-state index contributed by atoms with van der Waals surface area (Å²) in [4.78, 5) is 14.2. The van der Waals surface area contributed by atoms with E-state index in [1.54, 1.807) is 17.0 Å². The average molecular weight is 373 g/mol. The number of hydrogen-bond donors (Lipinski definition) is 1. The Hall–Kier alpha value is -2.22. The number of nitrogens with zero attached hydrogens (tertiary/aromatic N) is 2. The molecule has 2 aromatic rings. The van der Waals surface area contributed by atoms with Crippen molar-refractivity contribution in [3.63, 3.8) is 0 Å². The Morgan fingerprint density at radius 2 is 1.46 bits per heavy atom. The van der Waals surface area contributed by atoms with E-state index in [1.807, 2.05) is 48.5 Å². The van der Waals surface area contributed by atoms with Crippen molar-refractivity contribution < 1.29 is 13.2 Å². The molecule has 1 heterocycles. The molecule has 2 aromatic carbocycles. The lowest BCUT2D eigenvalue weighted by Gasteiger charge is -2.35. The first-order chi connectivity index (χ1) is 12.5. The highest BCUT2D eigenvalue weighted by atomic mass is 32.2. The van der Waals surface area contributed by atoms with Crippen LogP contribution < -0.4 is 5.73 Å². The van der Waals surface area contributed by atoms with Gasteiger partial charge in [-0.15, -0.1) is 0 Å². The molecular weight excluding hydrogens is 350 g/mol. The quantitative estimate of drug-likeness (QED) is 0.858. The molecule has 1 aliphatic rings. The van der Waals surface area contributed by atoms with Gasteiger partial charge in [0.25, 0.3) is 0 Å². The Balaban J connectivity index is 1.59. The molecule has 3 rings (SSSR count). The summed E-state index contributed by atoms with van der Waals surface area (Å²) < 4.78 is 26.6. The second-order valence-corrected chi connectivity index (χ2v) is 8.32. The molecule has 1 atom stereocenters. The first kappa shape index (κ1) is 18.6. The predicted octanol–water partition coefficient (Wildman–Crippen LogP) is 1.36. The van der Waals surface area contributed by atoms with Crippen molar-refractivity contribution in [3.05, 3.63) is 71.8 Å². The molecule has 0 saturated carbocycles. The minimum Gasteiger partial charge on any atom is -0.338 e. The Kier molecular flexibility index (Phi) is 5.70. The van der Waals surface area contributed by atoms with Gasteiger partial charge < -0.3 is 10.6 Å². The standard InChI is InChI=1S/C19H23N3O3S/c20-18(17-9-5-2-6-10-17)19(23)21-11-13-22(14-12-21)26(24,25)15-16-7-3-1-4-8-16/h1-10,18H,11-15,20H2. The molecule has 1 fully saturated rings. The molecular formula is C19H23N3O3S. The fourth-order valence-corrected chi connectivity index (χ4v) is 4.58. The Labute approximate surface area is 154 Å². The molecule has 138 valence electrons. The van der Waals surface area contributed by atoms with Gasteiger partial charge in [-0.3, -0.25) is 4.79 Å². The molecule has 0 bridgehead atoms. The van der Waals surface area contributed by atoms with Gasteiger partial charge in [-0.1, -0.05) is 60.7 Å². The van der Waals surface area contributed by atoms with Gasteiger partial charge >= 0.3 is 0 Å². The molecule has 6 nitrogen and oxygen atoms in total. The molecule has 0 aliphatic carbocycles. The molecule has 7 heteroatoms. The number of carbonyl (C=O) groups excluding carboxylic acids is 1. The molecule has 26 heavy (non-hydrogen) atoms. The first-order valence-corrected chi connectivity index (χ1v) is 10.2. The van der Waals surface area contributed by atoms with E-state index in [1.165, 1.54) is 4.31 Å². The van der Waals surface area contributed by atoms with Crippen molar-refractivity contribution in [2.45, 2.75) is 11.8 Å². The van der Waals surface area contributed by atoms with Gasteiger partial charge in [-0.25, -0.2) is 8.42 Å². The van der Waals surface area contributed by atoms with E-state index >= 15 is 0 Å². The van der Waals surface area contributed by atoms with Crippen LogP contribution in [0.4, 0.5) is 0 Å². The predicted molar refractivity (Wildman–Crippen MR) is 101 cm³/mol. The molecule has 0 spiro atoms. The summed E-state index contributed by atoms with van der Waals surface area (Å²) in [6.07, 6.45) is 0. The smallest absolute Gasteiger partial charge is 0.244 e. The number of carbonyl (C=O) groups is 1. The molecule has 1 amide bonds. The van der Waals surface area contributed by atoms with E-state index in [4.69, 9.17) is 5.73 Å². The van der Waals surface area contributed by atoms with E-state index in [-0.39, 0.29) is 11.7 Å². The summed E-state index contributed by atoms with van der Waals surface area (Å²) in [7, 11) is -3.39. The number of amides is 1. The van der Waals surface area contributed by atoms with Gasteiger partial charge in [-0.2, -0.15) is 4.31 Å². The van der Waals surface area contributed by atoms with Gasteiger partial charge in [0.05, 0.1) is 5.75 Å². The third kappa shape index (κ3) is 4.30. The monoisotopic (exact) mass is 373 g/mol. The second-order valence-electron chi connectivity index (χ2n) is 6.35. The van der Waals surface area contributed by atoms with Gasteiger partial charge in [0.1, 0.15) is 6.04 Å². The largest absolute Gasteiger partial charge is 0.338 e. The van der Waals surface area contributed by atoms with Crippen LogP contribution in [0, 0.1) is 0 Å². The number of piperazine rings is 1. The lowest BCUT2D eigenvalue weighted by molar-refractivity contribution is -0.133. The summed E-state index contributed by atoms with van der Waals surface area (Å²) >= 11 is 0. The zero-order valence-corrected chi connectivity index (χ0v) is 15.3. The van der Waals surface area contributed by atoms with E-state index in [0.717, 1.165) is 11.1 Å². The highest BCUT2D eigenvalue weighted by Crippen LogP contribution is 2.17. The summed E-state index contributed by atoms with van der Waals surface area (Å²) in [6, 6.07) is 17.6. The molecule has 1 aliphatic heterocycles. The van der Waals surface area contributed by atoms with Gasteiger partial charge in [0, 0.05) is 26.2 Å². The number of nitrogens with two attached hydrogens (primary N) is 1. The minimum atomic E-state index is -3.39. The Bertz CT molecular complexity index is 833. The van der Waals surface area contributed by atoms with Gasteiger partial charge in [-0.05, 0) is 11.1 Å². The third-order valence-electron chi connectivity index (χ3n) is 4.56. The van der Waals surface area contributed by atoms with Gasteiger partial charge in [0.2, 0.25) is 15.9 Å². The number of benzene rings is 2. The minimum absolute atomic E-state index is 0.0225. The molecule has 2 N–H and O–H groups in total. The lowest BCUT2D eigenvalue weighted by Crippen LogP contribution is -2.52. The molecule has 1 saturated heterocycles. The average Bonchev–Trinajstić information content (AvgIpc) is 2.68. The summed E-state index contributed by atoms with van der Waals surface area (Å²) in [5, 5.41) is 0. The van der Waals surface area contributed by atoms with Crippen molar-refractivity contribution in [2.24, 2.45) is 5.73 Å². The van der Waals surface area contributed by atoms with Gasteiger partial charge in [0.15, 0.2) is 0 Å². The summed E-state index contributed by atoms with van der Waals surface area (Å²) in [6.45, 7) is 1.30. The topological polar surface area (TPSA) is 83.7 Å². The van der Waals surface area contributed by atoms with Crippen molar-refractivity contribution in [1.29, 1.82) is 0 Å². The van der Waals surface area contributed by atoms with Crippen molar-refractivity contribution >= 4 is 15.9 Å². The van der Waals surface area contributed by atoms with Crippen LogP contribution in [0.15, 0.2) is 60.7 Å². The normalized spacial score (nSPS) is 17.0. The van der Waals surface area contributed by atoms with E-state index in [2.05, 4.69) is 0 Å². The maximum Gasteiger partial charge on any atom is 0.244 e. The number of rotatable bonds is 5. The van der Waals surface area contributed by atoms with Crippen LogP contribution in [-0.4, -0.2) is 49.7 Å². The zero-order valence-electron chi connectivity index (χ0n) is 14.5. The molecule has 1 unspecified atom stereocenters. The van der Waals surface area contributed by atoms with E-state index in [0.29, 0.717) is 26.2 Å².